The highest BCUT2D eigenvalue weighted by Gasteiger charge is 2.20. The number of amides is 1. The van der Waals surface area contributed by atoms with Crippen LogP contribution in [-0.4, -0.2) is 37.2 Å². The second-order valence-electron chi connectivity index (χ2n) is 5.65. The van der Waals surface area contributed by atoms with Crippen molar-refractivity contribution in [1.29, 1.82) is 0 Å². The van der Waals surface area contributed by atoms with Crippen LogP contribution in [0.2, 0.25) is 0 Å². The third kappa shape index (κ3) is 3.71. The highest BCUT2D eigenvalue weighted by atomic mass is 32.1. The van der Waals surface area contributed by atoms with E-state index in [4.69, 9.17) is 4.74 Å². The Morgan fingerprint density at radius 1 is 1.43 bits per heavy atom. The summed E-state index contributed by atoms with van der Waals surface area (Å²) >= 11 is 1.41. The van der Waals surface area contributed by atoms with Gasteiger partial charge in [-0.05, 0) is 31.9 Å². The predicted molar refractivity (Wildman–Crippen MR) is 92.7 cm³/mol. The quantitative estimate of drug-likeness (QED) is 0.914. The average Bonchev–Trinajstić information content (AvgIpc) is 3.22. The van der Waals surface area contributed by atoms with Crippen LogP contribution in [0.5, 0.6) is 0 Å². The summed E-state index contributed by atoms with van der Waals surface area (Å²) in [4.78, 5) is 19.6. The zero-order valence-corrected chi connectivity index (χ0v) is 14.2. The minimum absolute atomic E-state index is 0.0665. The van der Waals surface area contributed by atoms with E-state index in [-0.39, 0.29) is 12.0 Å². The van der Waals surface area contributed by atoms with Gasteiger partial charge in [-0.1, -0.05) is 29.5 Å². The molecule has 2 heterocycles. The van der Waals surface area contributed by atoms with Crippen molar-refractivity contribution in [3.63, 3.8) is 0 Å². The van der Waals surface area contributed by atoms with Crippen molar-refractivity contribution in [2.45, 2.75) is 25.9 Å². The normalized spacial score (nSPS) is 17.2. The van der Waals surface area contributed by atoms with E-state index in [2.05, 4.69) is 10.3 Å². The van der Waals surface area contributed by atoms with E-state index < -0.39 is 0 Å². The SMILES string of the molecule is Cc1nc(N(C)c2ccccc2)sc1C(=O)NC[C@H]1CCCO1. The number of aromatic nitrogens is 1. The van der Waals surface area contributed by atoms with Crippen molar-refractivity contribution in [2.75, 3.05) is 25.1 Å². The molecule has 0 unspecified atom stereocenters. The third-order valence-corrected chi connectivity index (χ3v) is 5.17. The highest BCUT2D eigenvalue weighted by molar-refractivity contribution is 7.17. The molecule has 1 aromatic carbocycles. The second kappa shape index (κ2) is 7.10. The van der Waals surface area contributed by atoms with Gasteiger partial charge in [0.1, 0.15) is 4.88 Å². The molecule has 122 valence electrons. The Morgan fingerprint density at radius 2 is 2.22 bits per heavy atom. The maximum atomic E-state index is 12.4. The van der Waals surface area contributed by atoms with Gasteiger partial charge in [-0.3, -0.25) is 4.79 Å². The summed E-state index contributed by atoms with van der Waals surface area (Å²) in [5.41, 5.74) is 1.81. The van der Waals surface area contributed by atoms with E-state index in [0.717, 1.165) is 36.0 Å². The predicted octanol–water partition coefficient (Wildman–Crippen LogP) is 3.13. The monoisotopic (exact) mass is 331 g/mol. The molecule has 2 aromatic rings. The van der Waals surface area contributed by atoms with Gasteiger partial charge in [-0.2, -0.15) is 0 Å². The van der Waals surface area contributed by atoms with E-state index in [1.54, 1.807) is 0 Å². The molecule has 1 aliphatic heterocycles. The first-order valence-electron chi connectivity index (χ1n) is 7.81. The van der Waals surface area contributed by atoms with E-state index >= 15 is 0 Å². The number of nitrogens with one attached hydrogen (secondary N) is 1. The van der Waals surface area contributed by atoms with Crippen molar-refractivity contribution >= 4 is 28.1 Å². The summed E-state index contributed by atoms with van der Waals surface area (Å²) in [5.74, 6) is -0.0665. The molecular formula is C17H21N3O2S. The lowest BCUT2D eigenvalue weighted by atomic mass is 10.2. The molecule has 0 saturated carbocycles. The molecule has 0 bridgehead atoms. The Labute approximate surface area is 140 Å². The Hall–Kier alpha value is -1.92. The number of benzene rings is 1. The number of nitrogens with zero attached hydrogens (tertiary/aromatic N) is 2. The topological polar surface area (TPSA) is 54.5 Å². The van der Waals surface area contributed by atoms with Crippen LogP contribution in [0.4, 0.5) is 10.8 Å². The van der Waals surface area contributed by atoms with Crippen molar-refractivity contribution in [2.24, 2.45) is 0 Å². The second-order valence-corrected chi connectivity index (χ2v) is 6.63. The Balaban J connectivity index is 1.68. The lowest BCUT2D eigenvalue weighted by Crippen LogP contribution is -2.31. The number of carbonyl (C=O) groups is 1. The molecule has 23 heavy (non-hydrogen) atoms. The Bertz CT molecular complexity index is 666. The van der Waals surface area contributed by atoms with Gasteiger partial charge in [0.25, 0.3) is 5.91 Å². The fraction of sp³-hybridized carbons (Fsp3) is 0.412. The zero-order valence-electron chi connectivity index (χ0n) is 13.4. The van der Waals surface area contributed by atoms with E-state index in [1.165, 1.54) is 11.3 Å². The average molecular weight is 331 g/mol. The maximum Gasteiger partial charge on any atom is 0.263 e. The van der Waals surface area contributed by atoms with Crippen LogP contribution >= 0.6 is 11.3 Å². The highest BCUT2D eigenvalue weighted by Crippen LogP contribution is 2.30. The molecule has 0 aliphatic carbocycles. The van der Waals surface area contributed by atoms with Gasteiger partial charge in [0.2, 0.25) is 0 Å². The maximum absolute atomic E-state index is 12.4. The van der Waals surface area contributed by atoms with Crippen LogP contribution in [-0.2, 0) is 4.74 Å². The zero-order chi connectivity index (χ0) is 16.2. The summed E-state index contributed by atoms with van der Waals surface area (Å²) in [6.45, 7) is 3.24. The molecule has 5 nitrogen and oxygen atoms in total. The molecule has 1 aliphatic rings. The molecule has 6 heteroatoms. The number of para-hydroxylation sites is 1. The lowest BCUT2D eigenvalue weighted by Gasteiger charge is -2.15. The number of thiazole rings is 1. The van der Waals surface area contributed by atoms with Gasteiger partial charge < -0.3 is 15.0 Å². The van der Waals surface area contributed by atoms with Crippen molar-refractivity contribution < 1.29 is 9.53 Å². The molecule has 1 N–H and O–H groups in total. The molecule has 1 amide bonds. The molecule has 1 fully saturated rings. The van der Waals surface area contributed by atoms with Gasteiger partial charge in [0, 0.05) is 25.9 Å². The summed E-state index contributed by atoms with van der Waals surface area (Å²) in [6, 6.07) is 10.00. The summed E-state index contributed by atoms with van der Waals surface area (Å²) in [5, 5.41) is 3.78. The minimum atomic E-state index is -0.0665. The third-order valence-electron chi connectivity index (χ3n) is 3.94. The minimum Gasteiger partial charge on any atom is -0.376 e. The van der Waals surface area contributed by atoms with E-state index in [1.807, 2.05) is 49.2 Å². The molecule has 0 spiro atoms. The molecule has 3 rings (SSSR count). The number of anilines is 2. The fourth-order valence-corrected chi connectivity index (χ4v) is 3.56. The van der Waals surface area contributed by atoms with Crippen LogP contribution in [0, 0.1) is 6.92 Å². The first-order chi connectivity index (χ1) is 11.1. The van der Waals surface area contributed by atoms with Gasteiger partial charge in [0.05, 0.1) is 11.8 Å². The van der Waals surface area contributed by atoms with Gasteiger partial charge in [-0.15, -0.1) is 0 Å². The summed E-state index contributed by atoms with van der Waals surface area (Å²) < 4.78 is 5.54. The van der Waals surface area contributed by atoms with Gasteiger partial charge in [-0.25, -0.2) is 4.98 Å². The van der Waals surface area contributed by atoms with Crippen molar-refractivity contribution in [1.82, 2.24) is 10.3 Å². The van der Waals surface area contributed by atoms with Crippen LogP contribution in [0.1, 0.15) is 28.2 Å². The molecule has 1 saturated heterocycles. The van der Waals surface area contributed by atoms with Crippen molar-refractivity contribution in [3.8, 4) is 0 Å². The molecular weight excluding hydrogens is 310 g/mol. The molecule has 1 aromatic heterocycles. The van der Waals surface area contributed by atoms with Gasteiger partial charge in [0.15, 0.2) is 5.13 Å². The molecule has 0 radical (unpaired) electrons. The summed E-state index contributed by atoms with van der Waals surface area (Å²) in [6.07, 6.45) is 2.24. The van der Waals surface area contributed by atoms with Crippen LogP contribution < -0.4 is 10.2 Å². The number of carbonyl (C=O) groups excluding carboxylic acids is 1. The number of rotatable bonds is 5. The van der Waals surface area contributed by atoms with E-state index in [9.17, 15) is 4.79 Å². The summed E-state index contributed by atoms with van der Waals surface area (Å²) in [7, 11) is 1.96. The van der Waals surface area contributed by atoms with Crippen LogP contribution in [0.15, 0.2) is 30.3 Å². The Morgan fingerprint density at radius 3 is 2.91 bits per heavy atom. The molecule has 1 atom stereocenters. The number of hydrogen-bond acceptors (Lipinski definition) is 5. The van der Waals surface area contributed by atoms with Crippen LogP contribution in [0.3, 0.4) is 0 Å². The first kappa shape index (κ1) is 16.0. The Kier molecular flexibility index (Phi) is 4.93. The smallest absolute Gasteiger partial charge is 0.263 e. The van der Waals surface area contributed by atoms with E-state index in [0.29, 0.717) is 11.4 Å². The van der Waals surface area contributed by atoms with Crippen LogP contribution in [0.25, 0.3) is 0 Å². The standard InChI is InChI=1S/C17H21N3O2S/c1-12-15(16(21)18-11-14-9-6-10-22-14)23-17(19-12)20(2)13-7-4-3-5-8-13/h3-5,7-8,14H,6,9-11H2,1-2H3,(H,18,21)/t14-/m1/s1. The largest absolute Gasteiger partial charge is 0.376 e. The number of aryl methyl sites for hydroxylation is 1. The number of ether oxygens (including phenoxy) is 1. The number of hydrogen-bond donors (Lipinski definition) is 1. The lowest BCUT2D eigenvalue weighted by molar-refractivity contribution is 0.0860. The fourth-order valence-electron chi connectivity index (χ4n) is 2.59. The first-order valence-corrected chi connectivity index (χ1v) is 8.63. The van der Waals surface area contributed by atoms with Gasteiger partial charge >= 0.3 is 0 Å². The van der Waals surface area contributed by atoms with Crippen molar-refractivity contribution in [3.05, 3.63) is 40.9 Å².